The third kappa shape index (κ3) is 5.09. The minimum Gasteiger partial charge on any atom is -0.338 e. The summed E-state index contributed by atoms with van der Waals surface area (Å²) >= 11 is 1.72. The SMILES string of the molecule is Cc1nc(CN2CCN(c3nc(Cc4cc(C(C)(C)C)ccc4C)c4c(ncn4C)n3)CC2)cs1. The number of hydrogen-bond acceptors (Lipinski definition) is 7. The fourth-order valence-corrected chi connectivity index (χ4v) is 5.32. The van der Waals surface area contributed by atoms with Crippen molar-refractivity contribution < 1.29 is 0 Å². The Kier molecular flexibility index (Phi) is 6.36. The van der Waals surface area contributed by atoms with Gasteiger partial charge < -0.3 is 9.47 Å². The Labute approximate surface area is 211 Å². The lowest BCUT2D eigenvalue weighted by atomic mass is 9.84. The van der Waals surface area contributed by atoms with Gasteiger partial charge in [-0.3, -0.25) is 4.90 Å². The number of rotatable bonds is 5. The predicted octanol–water partition coefficient (Wildman–Crippen LogP) is 4.65. The number of nitrogens with zero attached hydrogens (tertiary/aromatic N) is 7. The van der Waals surface area contributed by atoms with Crippen LogP contribution in [-0.4, -0.2) is 55.6 Å². The molecule has 1 aliphatic heterocycles. The van der Waals surface area contributed by atoms with E-state index in [-0.39, 0.29) is 5.41 Å². The standard InChI is InChI=1S/C27H35N7S/c1-18-7-8-21(27(3,4)5)13-20(18)14-23-24-25(28-17-32(24)6)31-26(30-23)34-11-9-33(10-12-34)15-22-16-35-19(2)29-22/h7-8,13,16-17H,9-12,14-15H2,1-6H3. The van der Waals surface area contributed by atoms with Crippen LogP contribution in [0.2, 0.25) is 0 Å². The van der Waals surface area contributed by atoms with E-state index in [1.165, 1.54) is 22.4 Å². The highest BCUT2D eigenvalue weighted by Gasteiger charge is 2.23. The van der Waals surface area contributed by atoms with E-state index in [0.29, 0.717) is 0 Å². The molecule has 1 fully saturated rings. The second-order valence-corrected chi connectivity index (χ2v) is 11.7. The Morgan fingerprint density at radius 3 is 2.46 bits per heavy atom. The van der Waals surface area contributed by atoms with E-state index in [2.05, 4.69) is 78.0 Å². The van der Waals surface area contributed by atoms with Gasteiger partial charge >= 0.3 is 0 Å². The zero-order chi connectivity index (χ0) is 24.7. The summed E-state index contributed by atoms with van der Waals surface area (Å²) in [5.41, 5.74) is 8.07. The van der Waals surface area contributed by atoms with Crippen molar-refractivity contribution in [1.29, 1.82) is 0 Å². The summed E-state index contributed by atoms with van der Waals surface area (Å²) in [6.07, 6.45) is 2.61. The van der Waals surface area contributed by atoms with E-state index >= 15 is 0 Å². The summed E-state index contributed by atoms with van der Waals surface area (Å²) in [7, 11) is 2.03. The van der Waals surface area contributed by atoms with Gasteiger partial charge in [0.2, 0.25) is 5.95 Å². The fraction of sp³-hybridized carbons (Fsp3) is 0.481. The van der Waals surface area contributed by atoms with Gasteiger partial charge in [-0.25, -0.2) is 15.0 Å². The van der Waals surface area contributed by atoms with Crippen LogP contribution in [-0.2, 0) is 25.4 Å². The van der Waals surface area contributed by atoms with Crippen LogP contribution in [0, 0.1) is 13.8 Å². The highest BCUT2D eigenvalue weighted by atomic mass is 32.1. The maximum Gasteiger partial charge on any atom is 0.227 e. The predicted molar refractivity (Wildman–Crippen MR) is 143 cm³/mol. The molecule has 1 aliphatic rings. The minimum absolute atomic E-state index is 0.109. The molecular weight excluding hydrogens is 454 g/mol. The van der Waals surface area contributed by atoms with Crippen LogP contribution >= 0.6 is 11.3 Å². The molecule has 35 heavy (non-hydrogen) atoms. The molecule has 1 saturated heterocycles. The number of piperazine rings is 1. The summed E-state index contributed by atoms with van der Waals surface area (Å²) in [4.78, 5) is 24.0. The van der Waals surface area contributed by atoms with Crippen molar-refractivity contribution in [2.75, 3.05) is 31.1 Å². The molecule has 0 spiro atoms. The van der Waals surface area contributed by atoms with E-state index < -0.39 is 0 Å². The maximum atomic E-state index is 5.12. The minimum atomic E-state index is 0.109. The summed E-state index contributed by atoms with van der Waals surface area (Å²) < 4.78 is 2.05. The Hall–Kier alpha value is -2.84. The second-order valence-electron chi connectivity index (χ2n) is 10.7. The van der Waals surface area contributed by atoms with Crippen LogP contribution in [0.5, 0.6) is 0 Å². The van der Waals surface area contributed by atoms with E-state index in [1.807, 2.05) is 17.9 Å². The normalized spacial score (nSPS) is 15.3. The lowest BCUT2D eigenvalue weighted by Crippen LogP contribution is -2.46. The molecule has 0 N–H and O–H groups in total. The maximum absolute atomic E-state index is 5.12. The number of aromatic nitrogens is 5. The van der Waals surface area contributed by atoms with Crippen molar-refractivity contribution in [2.45, 2.75) is 53.0 Å². The van der Waals surface area contributed by atoms with Crippen molar-refractivity contribution >= 4 is 28.4 Å². The zero-order valence-electron chi connectivity index (χ0n) is 21.7. The molecule has 1 aromatic carbocycles. The van der Waals surface area contributed by atoms with Crippen LogP contribution in [0.4, 0.5) is 5.95 Å². The molecule has 7 nitrogen and oxygen atoms in total. The van der Waals surface area contributed by atoms with Gasteiger partial charge in [-0.05, 0) is 36.0 Å². The first kappa shape index (κ1) is 23.9. The molecule has 0 atom stereocenters. The van der Waals surface area contributed by atoms with Gasteiger partial charge in [0.25, 0.3) is 0 Å². The average Bonchev–Trinajstić information content (AvgIpc) is 3.40. The van der Waals surface area contributed by atoms with Crippen LogP contribution in [0.15, 0.2) is 29.9 Å². The van der Waals surface area contributed by atoms with Crippen LogP contribution in [0.1, 0.15) is 53.9 Å². The highest BCUT2D eigenvalue weighted by Crippen LogP contribution is 2.28. The molecule has 4 heterocycles. The van der Waals surface area contributed by atoms with Gasteiger partial charge in [0, 0.05) is 51.6 Å². The van der Waals surface area contributed by atoms with Gasteiger partial charge in [-0.2, -0.15) is 4.98 Å². The quantitative estimate of drug-likeness (QED) is 0.407. The van der Waals surface area contributed by atoms with E-state index in [4.69, 9.17) is 9.97 Å². The summed E-state index contributed by atoms with van der Waals surface area (Å²) in [6, 6.07) is 6.83. The van der Waals surface area contributed by atoms with E-state index in [1.54, 1.807) is 11.3 Å². The summed E-state index contributed by atoms with van der Waals surface area (Å²) in [5, 5.41) is 3.30. The average molecular weight is 490 g/mol. The number of anilines is 1. The largest absolute Gasteiger partial charge is 0.338 e. The monoisotopic (exact) mass is 489 g/mol. The Bertz CT molecular complexity index is 1340. The number of imidazole rings is 1. The van der Waals surface area contributed by atoms with Crippen LogP contribution < -0.4 is 4.90 Å². The molecule has 0 unspecified atom stereocenters. The third-order valence-corrected chi connectivity index (χ3v) is 7.73. The van der Waals surface area contributed by atoms with Gasteiger partial charge in [-0.1, -0.05) is 39.0 Å². The third-order valence-electron chi connectivity index (χ3n) is 6.91. The first-order valence-electron chi connectivity index (χ1n) is 12.3. The Balaban J connectivity index is 1.40. The fourth-order valence-electron chi connectivity index (χ4n) is 4.72. The van der Waals surface area contributed by atoms with Crippen molar-refractivity contribution in [3.8, 4) is 0 Å². The van der Waals surface area contributed by atoms with Gasteiger partial charge in [0.15, 0.2) is 5.65 Å². The molecule has 0 saturated carbocycles. The van der Waals surface area contributed by atoms with Crippen LogP contribution in [0.3, 0.4) is 0 Å². The smallest absolute Gasteiger partial charge is 0.227 e. The zero-order valence-corrected chi connectivity index (χ0v) is 22.5. The summed E-state index contributed by atoms with van der Waals surface area (Å²) in [6.45, 7) is 15.7. The molecule has 5 rings (SSSR count). The molecule has 0 bridgehead atoms. The molecule has 4 aromatic rings. The molecule has 0 amide bonds. The molecule has 3 aromatic heterocycles. The molecule has 8 heteroatoms. The molecule has 0 aliphatic carbocycles. The Morgan fingerprint density at radius 2 is 1.77 bits per heavy atom. The first-order valence-corrected chi connectivity index (χ1v) is 13.2. The lowest BCUT2D eigenvalue weighted by Gasteiger charge is -2.34. The number of aryl methyl sites for hydroxylation is 3. The number of benzene rings is 1. The Morgan fingerprint density at radius 1 is 1.00 bits per heavy atom. The number of fused-ring (bicyclic) bond motifs is 1. The molecule has 184 valence electrons. The van der Waals surface area contributed by atoms with Gasteiger partial charge in [-0.15, -0.1) is 11.3 Å². The van der Waals surface area contributed by atoms with E-state index in [0.717, 1.165) is 67.0 Å². The topological polar surface area (TPSA) is 63.0 Å². The highest BCUT2D eigenvalue weighted by molar-refractivity contribution is 7.09. The van der Waals surface area contributed by atoms with Crippen molar-refractivity contribution in [1.82, 2.24) is 29.4 Å². The van der Waals surface area contributed by atoms with Crippen molar-refractivity contribution in [3.05, 3.63) is 63.0 Å². The van der Waals surface area contributed by atoms with E-state index in [9.17, 15) is 0 Å². The van der Waals surface area contributed by atoms with Crippen molar-refractivity contribution in [2.24, 2.45) is 7.05 Å². The molecular formula is C27H35N7S. The lowest BCUT2D eigenvalue weighted by molar-refractivity contribution is 0.246. The van der Waals surface area contributed by atoms with Gasteiger partial charge in [0.1, 0.15) is 5.52 Å². The van der Waals surface area contributed by atoms with Gasteiger partial charge in [0.05, 0.1) is 22.7 Å². The number of thiazole rings is 1. The molecule has 0 radical (unpaired) electrons. The second kappa shape index (κ2) is 9.32. The number of hydrogen-bond donors (Lipinski definition) is 0. The first-order chi connectivity index (χ1) is 16.7. The van der Waals surface area contributed by atoms with Crippen molar-refractivity contribution in [3.63, 3.8) is 0 Å². The summed E-state index contributed by atoms with van der Waals surface area (Å²) in [5.74, 6) is 0.792. The van der Waals surface area contributed by atoms with Crippen LogP contribution in [0.25, 0.3) is 11.2 Å².